The molecule has 0 unspecified atom stereocenters. The summed E-state index contributed by atoms with van der Waals surface area (Å²) in [6, 6.07) is 6.91. The number of piperazine rings is 1. The van der Waals surface area contributed by atoms with E-state index in [9.17, 15) is 9.90 Å². The molecule has 25 heavy (non-hydrogen) atoms. The minimum atomic E-state index is -0.497. The second-order valence-corrected chi connectivity index (χ2v) is 7.08. The van der Waals surface area contributed by atoms with Crippen molar-refractivity contribution in [2.45, 2.75) is 26.4 Å². The quantitative estimate of drug-likeness (QED) is 0.476. The van der Waals surface area contributed by atoms with E-state index in [0.717, 1.165) is 0 Å². The number of thiocarbonyl (C=S) groups is 1. The van der Waals surface area contributed by atoms with E-state index >= 15 is 0 Å². The largest absolute Gasteiger partial charge is 0.507 e. The summed E-state index contributed by atoms with van der Waals surface area (Å²) in [5.74, 6) is 0.157. The van der Waals surface area contributed by atoms with Crippen molar-refractivity contribution in [3.8, 4) is 5.75 Å². The molecule has 2 rings (SSSR count). The van der Waals surface area contributed by atoms with E-state index in [0.29, 0.717) is 36.9 Å². The van der Waals surface area contributed by atoms with E-state index in [1.807, 2.05) is 31.7 Å². The van der Waals surface area contributed by atoms with Gasteiger partial charge in [0, 0.05) is 31.7 Å². The third-order valence-corrected chi connectivity index (χ3v) is 3.87. The Kier molecular flexibility index (Phi) is 6.19. The Morgan fingerprint density at radius 3 is 2.44 bits per heavy atom. The number of phenols is 1. The topological polar surface area (TPSA) is 77.4 Å². The Morgan fingerprint density at radius 2 is 1.84 bits per heavy atom. The molecule has 1 aromatic rings. The van der Waals surface area contributed by atoms with Crippen molar-refractivity contribution in [1.82, 2.24) is 15.2 Å². The van der Waals surface area contributed by atoms with Gasteiger partial charge in [0.1, 0.15) is 11.4 Å². The molecule has 1 fully saturated rings. The molecule has 0 spiro atoms. The maximum absolute atomic E-state index is 12.0. The van der Waals surface area contributed by atoms with Crippen LogP contribution in [0.2, 0.25) is 0 Å². The molecule has 1 aliphatic rings. The highest BCUT2D eigenvalue weighted by atomic mass is 32.1. The average molecular weight is 364 g/mol. The zero-order valence-electron chi connectivity index (χ0n) is 14.7. The predicted octanol–water partition coefficient (Wildman–Crippen LogP) is 2.15. The van der Waals surface area contributed by atoms with E-state index in [-0.39, 0.29) is 11.8 Å². The van der Waals surface area contributed by atoms with E-state index < -0.39 is 5.60 Å². The highest BCUT2D eigenvalue weighted by Gasteiger charge is 2.26. The van der Waals surface area contributed by atoms with Gasteiger partial charge in [0.15, 0.2) is 5.11 Å². The fourth-order valence-electron chi connectivity index (χ4n) is 2.24. The van der Waals surface area contributed by atoms with Gasteiger partial charge in [-0.1, -0.05) is 12.1 Å². The van der Waals surface area contributed by atoms with Crippen LogP contribution in [-0.4, -0.2) is 64.1 Å². The number of nitrogens with one attached hydrogen (secondary N) is 1. The van der Waals surface area contributed by atoms with Gasteiger partial charge in [0.25, 0.3) is 0 Å². The first kappa shape index (κ1) is 19.0. The Labute approximate surface area is 153 Å². The number of hydrogen-bond donors (Lipinski definition) is 2. The maximum atomic E-state index is 12.0. The molecule has 136 valence electrons. The molecule has 1 heterocycles. The van der Waals surface area contributed by atoms with Crippen LogP contribution in [-0.2, 0) is 4.74 Å². The van der Waals surface area contributed by atoms with Gasteiger partial charge >= 0.3 is 6.09 Å². The van der Waals surface area contributed by atoms with Crippen LogP contribution < -0.4 is 5.43 Å². The molecule has 7 nitrogen and oxygen atoms in total. The normalized spacial score (nSPS) is 15.3. The summed E-state index contributed by atoms with van der Waals surface area (Å²) in [5, 5.41) is 14.2. The highest BCUT2D eigenvalue weighted by molar-refractivity contribution is 7.80. The first-order valence-corrected chi connectivity index (χ1v) is 8.51. The molecule has 0 radical (unpaired) electrons. The molecule has 8 heteroatoms. The van der Waals surface area contributed by atoms with Crippen LogP contribution in [0, 0.1) is 0 Å². The van der Waals surface area contributed by atoms with Crippen molar-refractivity contribution in [1.29, 1.82) is 0 Å². The number of rotatable bonds is 2. The number of aromatic hydroxyl groups is 1. The summed E-state index contributed by atoms with van der Waals surface area (Å²) in [4.78, 5) is 15.7. The average Bonchev–Trinajstić information content (AvgIpc) is 2.55. The molecular weight excluding hydrogens is 340 g/mol. The van der Waals surface area contributed by atoms with Gasteiger partial charge in [0.05, 0.1) is 6.21 Å². The molecule has 1 aromatic carbocycles. The number of carbonyl (C=O) groups is 1. The molecule has 0 bridgehead atoms. The minimum absolute atomic E-state index is 0.157. The van der Waals surface area contributed by atoms with Gasteiger partial charge in [-0.25, -0.2) is 4.79 Å². The maximum Gasteiger partial charge on any atom is 0.410 e. The molecule has 1 aliphatic heterocycles. The summed E-state index contributed by atoms with van der Waals surface area (Å²) >= 11 is 5.32. The van der Waals surface area contributed by atoms with Crippen LogP contribution in [0.4, 0.5) is 4.79 Å². The van der Waals surface area contributed by atoms with Gasteiger partial charge in [-0.3, -0.25) is 5.43 Å². The molecule has 0 saturated carbocycles. The van der Waals surface area contributed by atoms with Crippen molar-refractivity contribution >= 4 is 29.6 Å². The Bertz CT molecular complexity index is 650. The molecule has 0 aromatic heterocycles. The van der Waals surface area contributed by atoms with E-state index in [1.165, 1.54) is 6.21 Å². The second-order valence-electron chi connectivity index (χ2n) is 6.69. The lowest BCUT2D eigenvalue weighted by atomic mass is 10.2. The smallest absolute Gasteiger partial charge is 0.410 e. The zero-order valence-corrected chi connectivity index (χ0v) is 15.5. The van der Waals surface area contributed by atoms with Crippen LogP contribution in [0.3, 0.4) is 0 Å². The van der Waals surface area contributed by atoms with Crippen LogP contribution in [0.25, 0.3) is 0 Å². The Hall–Kier alpha value is -2.35. The summed E-state index contributed by atoms with van der Waals surface area (Å²) in [6.45, 7) is 7.85. The van der Waals surface area contributed by atoms with Gasteiger partial charge in [0.2, 0.25) is 0 Å². The van der Waals surface area contributed by atoms with Crippen molar-refractivity contribution in [3.63, 3.8) is 0 Å². The van der Waals surface area contributed by atoms with Crippen LogP contribution in [0.15, 0.2) is 29.4 Å². The summed E-state index contributed by atoms with van der Waals surface area (Å²) in [7, 11) is 0. The third-order valence-electron chi connectivity index (χ3n) is 3.52. The van der Waals surface area contributed by atoms with E-state index in [2.05, 4.69) is 10.5 Å². The standard InChI is InChI=1S/C17H24N4O3S/c1-17(2,3)24-16(23)21-10-8-20(9-11-21)15(25)19-18-12-13-6-4-5-7-14(13)22/h4-7,12,22H,8-11H2,1-3H3,(H,19,25)/b18-12+. The van der Waals surface area contributed by atoms with Gasteiger partial charge < -0.3 is 19.6 Å². The van der Waals surface area contributed by atoms with Crippen LogP contribution in [0.1, 0.15) is 26.3 Å². The number of hydrogen-bond acceptors (Lipinski definition) is 5. The third kappa shape index (κ3) is 5.90. The zero-order chi connectivity index (χ0) is 18.4. The molecule has 0 aliphatic carbocycles. The van der Waals surface area contributed by atoms with E-state index in [1.54, 1.807) is 23.1 Å². The Balaban J connectivity index is 1.79. The lowest BCUT2D eigenvalue weighted by molar-refractivity contribution is 0.0187. The SMILES string of the molecule is CC(C)(C)OC(=O)N1CCN(C(=S)N/N=C/c2ccccc2O)CC1. The second kappa shape index (κ2) is 8.15. The van der Waals surface area contributed by atoms with Crippen molar-refractivity contribution in [3.05, 3.63) is 29.8 Å². The minimum Gasteiger partial charge on any atom is -0.507 e. The van der Waals surface area contributed by atoms with Crippen molar-refractivity contribution in [2.24, 2.45) is 5.10 Å². The first-order valence-electron chi connectivity index (χ1n) is 8.10. The molecule has 1 amide bonds. The highest BCUT2D eigenvalue weighted by Crippen LogP contribution is 2.13. The predicted molar refractivity (Wildman–Crippen MR) is 101 cm³/mol. The number of benzene rings is 1. The molecule has 1 saturated heterocycles. The molecule has 0 atom stereocenters. The number of phenolic OH excluding ortho intramolecular Hbond substituents is 1. The van der Waals surface area contributed by atoms with Gasteiger partial charge in [-0.2, -0.15) is 5.10 Å². The lowest BCUT2D eigenvalue weighted by Gasteiger charge is -2.36. The number of amides is 1. The molecular formula is C17H24N4O3S. The summed E-state index contributed by atoms with van der Waals surface area (Å²) in [6.07, 6.45) is 1.21. The summed E-state index contributed by atoms with van der Waals surface area (Å²) < 4.78 is 5.37. The van der Waals surface area contributed by atoms with E-state index in [4.69, 9.17) is 17.0 Å². The number of carbonyl (C=O) groups excluding carboxylic acids is 1. The van der Waals surface area contributed by atoms with Crippen LogP contribution in [0.5, 0.6) is 5.75 Å². The fourth-order valence-corrected chi connectivity index (χ4v) is 2.48. The van der Waals surface area contributed by atoms with Gasteiger partial charge in [-0.05, 0) is 45.1 Å². The lowest BCUT2D eigenvalue weighted by Crippen LogP contribution is -2.53. The van der Waals surface area contributed by atoms with Crippen molar-refractivity contribution < 1.29 is 14.6 Å². The number of hydrazone groups is 1. The van der Waals surface area contributed by atoms with Crippen LogP contribution >= 0.6 is 12.2 Å². The number of nitrogens with zero attached hydrogens (tertiary/aromatic N) is 3. The monoisotopic (exact) mass is 364 g/mol. The Morgan fingerprint density at radius 1 is 1.24 bits per heavy atom. The van der Waals surface area contributed by atoms with Crippen molar-refractivity contribution in [2.75, 3.05) is 26.2 Å². The first-order chi connectivity index (χ1) is 11.8. The number of ether oxygens (including phenoxy) is 1. The number of para-hydroxylation sites is 1. The fraction of sp³-hybridized carbons (Fsp3) is 0.471. The molecule has 2 N–H and O–H groups in total. The summed E-state index contributed by atoms with van der Waals surface area (Å²) in [5.41, 5.74) is 2.90. The van der Waals surface area contributed by atoms with Gasteiger partial charge in [-0.15, -0.1) is 0 Å².